The van der Waals surface area contributed by atoms with E-state index >= 15 is 0 Å². The molecule has 22 heavy (non-hydrogen) atoms. The molecule has 8 nitrogen and oxygen atoms in total. The van der Waals surface area contributed by atoms with Crippen LogP contribution in [0, 0.1) is 0 Å². The molecule has 0 aromatic carbocycles. The van der Waals surface area contributed by atoms with Crippen LogP contribution < -0.4 is 4.90 Å². The molecule has 0 bridgehead atoms. The van der Waals surface area contributed by atoms with Crippen molar-refractivity contribution in [1.82, 2.24) is 25.1 Å². The minimum Gasteiger partial charge on any atom is -0.377 e. The number of aromatic nitrogens is 4. The van der Waals surface area contributed by atoms with E-state index in [1.807, 2.05) is 20.2 Å². The summed E-state index contributed by atoms with van der Waals surface area (Å²) in [5, 5.41) is 6.85. The number of rotatable bonds is 3. The fourth-order valence-electron chi connectivity index (χ4n) is 2.39. The van der Waals surface area contributed by atoms with Crippen LogP contribution in [-0.4, -0.2) is 64.8 Å². The van der Waals surface area contributed by atoms with Gasteiger partial charge in [-0.05, 0) is 6.07 Å². The molecule has 0 aliphatic carbocycles. The lowest BCUT2D eigenvalue weighted by atomic mass is 10.1. The predicted octanol–water partition coefficient (Wildman–Crippen LogP) is 0.479. The fourth-order valence-corrected chi connectivity index (χ4v) is 2.39. The standard InChI is InChI=1S/C14H18N6O2/c1-19(2)14-15-7-10(8-16-14)13(21)20-5-6-22-9-12(20)11-3-4-17-18-11/h3-4,7-8,12H,5-6,9H2,1-2H3,(H,17,18)/t12-/m1/s1. The Morgan fingerprint density at radius 3 is 2.82 bits per heavy atom. The van der Waals surface area contributed by atoms with Crippen LogP contribution >= 0.6 is 0 Å². The number of carbonyl (C=O) groups is 1. The maximum atomic E-state index is 12.7. The SMILES string of the molecule is CN(C)c1ncc(C(=O)N2CCOC[C@@H]2c2ccn[nH]2)cn1. The van der Waals surface area contributed by atoms with E-state index in [1.54, 1.807) is 28.4 Å². The first-order valence-corrected chi connectivity index (χ1v) is 7.04. The fraction of sp³-hybridized carbons (Fsp3) is 0.429. The molecule has 0 radical (unpaired) electrons. The third-order valence-electron chi connectivity index (χ3n) is 3.56. The van der Waals surface area contributed by atoms with E-state index in [1.165, 1.54) is 0 Å². The van der Waals surface area contributed by atoms with Crippen molar-refractivity contribution in [2.45, 2.75) is 6.04 Å². The van der Waals surface area contributed by atoms with Gasteiger partial charge in [-0.1, -0.05) is 0 Å². The van der Waals surface area contributed by atoms with Gasteiger partial charge in [-0.15, -0.1) is 0 Å². The first-order valence-electron chi connectivity index (χ1n) is 7.04. The second-order valence-corrected chi connectivity index (χ2v) is 5.27. The van der Waals surface area contributed by atoms with Gasteiger partial charge in [0.05, 0.1) is 30.5 Å². The Morgan fingerprint density at radius 2 is 2.18 bits per heavy atom. The monoisotopic (exact) mass is 302 g/mol. The Kier molecular flexibility index (Phi) is 4.01. The summed E-state index contributed by atoms with van der Waals surface area (Å²) in [5.41, 5.74) is 1.33. The number of anilines is 1. The van der Waals surface area contributed by atoms with E-state index < -0.39 is 0 Å². The third-order valence-corrected chi connectivity index (χ3v) is 3.56. The Labute approximate surface area is 128 Å². The summed E-state index contributed by atoms with van der Waals surface area (Å²) in [4.78, 5) is 24.7. The van der Waals surface area contributed by atoms with Crippen LogP contribution in [0.2, 0.25) is 0 Å². The highest BCUT2D eigenvalue weighted by Gasteiger charge is 2.30. The molecule has 1 fully saturated rings. The molecular formula is C14H18N6O2. The van der Waals surface area contributed by atoms with Crippen LogP contribution in [-0.2, 0) is 4.74 Å². The molecule has 1 aliphatic heterocycles. The van der Waals surface area contributed by atoms with Gasteiger partial charge in [0, 0.05) is 39.2 Å². The summed E-state index contributed by atoms with van der Waals surface area (Å²) in [6.45, 7) is 1.50. The van der Waals surface area contributed by atoms with Crippen LogP contribution in [0.4, 0.5) is 5.95 Å². The van der Waals surface area contributed by atoms with Gasteiger partial charge in [0.2, 0.25) is 5.95 Å². The lowest BCUT2D eigenvalue weighted by Crippen LogP contribution is -2.43. The molecule has 8 heteroatoms. The van der Waals surface area contributed by atoms with E-state index in [0.717, 1.165) is 5.69 Å². The molecule has 1 N–H and O–H groups in total. The number of morpholine rings is 1. The summed E-state index contributed by atoms with van der Waals surface area (Å²) < 4.78 is 5.49. The Balaban J connectivity index is 1.82. The second-order valence-electron chi connectivity index (χ2n) is 5.27. The molecular weight excluding hydrogens is 284 g/mol. The molecule has 116 valence electrons. The molecule has 0 unspecified atom stereocenters. The average Bonchev–Trinajstić information content (AvgIpc) is 3.08. The number of hydrogen-bond acceptors (Lipinski definition) is 6. The zero-order valence-corrected chi connectivity index (χ0v) is 12.6. The molecule has 1 atom stereocenters. The van der Waals surface area contributed by atoms with E-state index in [-0.39, 0.29) is 11.9 Å². The first-order chi connectivity index (χ1) is 10.7. The number of aromatic amines is 1. The third kappa shape index (κ3) is 2.77. The van der Waals surface area contributed by atoms with Gasteiger partial charge in [-0.3, -0.25) is 9.89 Å². The van der Waals surface area contributed by atoms with Gasteiger partial charge in [0.25, 0.3) is 5.91 Å². The zero-order valence-electron chi connectivity index (χ0n) is 12.6. The van der Waals surface area contributed by atoms with Crippen LogP contribution in [0.5, 0.6) is 0 Å². The van der Waals surface area contributed by atoms with Gasteiger partial charge in [-0.2, -0.15) is 5.10 Å². The molecule has 1 aliphatic rings. The maximum Gasteiger partial charge on any atom is 0.257 e. The van der Waals surface area contributed by atoms with Crippen molar-refractivity contribution in [2.75, 3.05) is 38.8 Å². The highest BCUT2D eigenvalue weighted by atomic mass is 16.5. The molecule has 3 rings (SSSR count). The number of hydrogen-bond donors (Lipinski definition) is 1. The van der Waals surface area contributed by atoms with Gasteiger partial charge in [0.15, 0.2) is 0 Å². The number of ether oxygens (including phenoxy) is 1. The summed E-state index contributed by atoms with van der Waals surface area (Å²) in [6.07, 6.45) is 4.79. The summed E-state index contributed by atoms with van der Waals surface area (Å²) in [5.74, 6) is 0.469. The minimum atomic E-state index is -0.169. The summed E-state index contributed by atoms with van der Waals surface area (Å²) in [7, 11) is 3.71. The molecule has 1 saturated heterocycles. The van der Waals surface area contributed by atoms with E-state index in [9.17, 15) is 4.79 Å². The van der Waals surface area contributed by atoms with Gasteiger partial charge in [0.1, 0.15) is 0 Å². The van der Waals surface area contributed by atoms with Gasteiger partial charge < -0.3 is 14.5 Å². The van der Waals surface area contributed by atoms with Crippen molar-refractivity contribution >= 4 is 11.9 Å². The summed E-state index contributed by atoms with van der Waals surface area (Å²) >= 11 is 0. The topological polar surface area (TPSA) is 87.2 Å². The number of amides is 1. The van der Waals surface area contributed by atoms with Crippen molar-refractivity contribution < 1.29 is 9.53 Å². The number of nitrogens with one attached hydrogen (secondary N) is 1. The second kappa shape index (κ2) is 6.10. The average molecular weight is 302 g/mol. The van der Waals surface area contributed by atoms with Crippen molar-refractivity contribution in [3.63, 3.8) is 0 Å². The zero-order chi connectivity index (χ0) is 15.5. The molecule has 2 aromatic heterocycles. The van der Waals surface area contributed by atoms with Crippen molar-refractivity contribution in [3.8, 4) is 0 Å². The van der Waals surface area contributed by atoms with E-state index in [2.05, 4.69) is 20.2 Å². The highest BCUT2D eigenvalue weighted by molar-refractivity contribution is 5.94. The lowest BCUT2D eigenvalue weighted by molar-refractivity contribution is -0.00395. The number of carbonyl (C=O) groups excluding carboxylic acids is 1. The van der Waals surface area contributed by atoms with E-state index in [4.69, 9.17) is 4.74 Å². The van der Waals surface area contributed by atoms with Crippen LogP contribution in [0.1, 0.15) is 22.1 Å². The smallest absolute Gasteiger partial charge is 0.257 e. The van der Waals surface area contributed by atoms with E-state index in [0.29, 0.717) is 31.3 Å². The van der Waals surface area contributed by atoms with Crippen molar-refractivity contribution in [3.05, 3.63) is 35.9 Å². The Hall–Kier alpha value is -2.48. The molecule has 3 heterocycles. The van der Waals surface area contributed by atoms with Gasteiger partial charge in [-0.25, -0.2) is 9.97 Å². The van der Waals surface area contributed by atoms with Crippen molar-refractivity contribution in [2.24, 2.45) is 0 Å². The normalized spacial score (nSPS) is 18.3. The number of nitrogens with zero attached hydrogens (tertiary/aromatic N) is 5. The van der Waals surface area contributed by atoms with Crippen LogP contribution in [0.15, 0.2) is 24.7 Å². The first kappa shape index (κ1) is 14.5. The Morgan fingerprint density at radius 1 is 1.41 bits per heavy atom. The summed E-state index contributed by atoms with van der Waals surface area (Å²) in [6, 6.07) is 1.68. The quantitative estimate of drug-likeness (QED) is 0.887. The van der Waals surface area contributed by atoms with Crippen LogP contribution in [0.25, 0.3) is 0 Å². The molecule has 0 spiro atoms. The Bertz CT molecular complexity index is 625. The minimum absolute atomic E-state index is 0.104. The lowest BCUT2D eigenvalue weighted by Gasteiger charge is -2.34. The molecule has 0 saturated carbocycles. The molecule has 2 aromatic rings. The highest BCUT2D eigenvalue weighted by Crippen LogP contribution is 2.24. The maximum absolute atomic E-state index is 12.7. The van der Waals surface area contributed by atoms with Gasteiger partial charge >= 0.3 is 0 Å². The molecule has 1 amide bonds. The predicted molar refractivity (Wildman–Crippen MR) is 79.5 cm³/mol. The number of H-pyrrole nitrogens is 1. The van der Waals surface area contributed by atoms with Crippen LogP contribution in [0.3, 0.4) is 0 Å². The largest absolute Gasteiger partial charge is 0.377 e. The van der Waals surface area contributed by atoms with Crippen molar-refractivity contribution in [1.29, 1.82) is 0 Å².